The van der Waals surface area contributed by atoms with Gasteiger partial charge in [0.25, 0.3) is 5.91 Å². The van der Waals surface area contributed by atoms with Gasteiger partial charge in [0.1, 0.15) is 0 Å². The van der Waals surface area contributed by atoms with Crippen molar-refractivity contribution in [2.45, 2.75) is 19.8 Å². The van der Waals surface area contributed by atoms with Crippen LogP contribution in [0.25, 0.3) is 0 Å². The van der Waals surface area contributed by atoms with E-state index in [9.17, 15) is 4.79 Å². The second-order valence-corrected chi connectivity index (χ2v) is 5.07. The van der Waals surface area contributed by atoms with Crippen molar-refractivity contribution in [2.75, 3.05) is 18.4 Å². The third-order valence-electron chi connectivity index (χ3n) is 2.51. The monoisotopic (exact) mass is 317 g/mol. The minimum atomic E-state index is 0.0783. The number of carbonyl (C=O) groups excluding carboxylic acids is 1. The summed E-state index contributed by atoms with van der Waals surface area (Å²) in [7, 11) is 0. The fourth-order valence-electron chi connectivity index (χ4n) is 1.54. The molecule has 2 nitrogen and oxygen atoms in total. The largest absolute Gasteiger partial charge is 0.338 e. The van der Waals surface area contributed by atoms with Gasteiger partial charge in [0.15, 0.2) is 0 Å². The smallest absolute Gasteiger partial charge is 0.253 e. The van der Waals surface area contributed by atoms with Gasteiger partial charge in [0.05, 0.1) is 0 Å². The van der Waals surface area contributed by atoms with Crippen LogP contribution in [0.15, 0.2) is 24.3 Å². The van der Waals surface area contributed by atoms with Gasteiger partial charge in [-0.3, -0.25) is 4.79 Å². The molecule has 0 saturated carbocycles. The number of amides is 1. The molecule has 0 N–H and O–H groups in total. The zero-order chi connectivity index (χ0) is 12.7. The van der Waals surface area contributed by atoms with Crippen molar-refractivity contribution in [1.29, 1.82) is 0 Å². The van der Waals surface area contributed by atoms with Crippen LogP contribution in [0.5, 0.6) is 0 Å². The van der Waals surface area contributed by atoms with Crippen LogP contribution in [0.4, 0.5) is 0 Å². The molecular weight excluding hydrogens is 302 g/mol. The predicted octanol–water partition coefficient (Wildman–Crippen LogP) is 3.98. The van der Waals surface area contributed by atoms with Crippen LogP contribution in [0.2, 0.25) is 5.02 Å². The van der Waals surface area contributed by atoms with Crippen molar-refractivity contribution in [1.82, 2.24) is 4.90 Å². The van der Waals surface area contributed by atoms with Gasteiger partial charge in [-0.25, -0.2) is 0 Å². The normalized spacial score (nSPS) is 10.3. The number of hydrogen-bond donors (Lipinski definition) is 0. The van der Waals surface area contributed by atoms with Crippen molar-refractivity contribution in [3.05, 3.63) is 34.9 Å². The summed E-state index contributed by atoms with van der Waals surface area (Å²) in [4.78, 5) is 14.1. The first kappa shape index (κ1) is 14.5. The van der Waals surface area contributed by atoms with E-state index in [0.717, 1.165) is 31.3 Å². The summed E-state index contributed by atoms with van der Waals surface area (Å²) in [5, 5.41) is 1.46. The summed E-state index contributed by atoms with van der Waals surface area (Å²) in [6.07, 6.45) is 2.12. The van der Waals surface area contributed by atoms with Crippen LogP contribution >= 0.6 is 27.5 Å². The first-order valence-electron chi connectivity index (χ1n) is 5.79. The van der Waals surface area contributed by atoms with E-state index in [1.54, 1.807) is 24.3 Å². The number of halogens is 2. The van der Waals surface area contributed by atoms with Gasteiger partial charge in [-0.05, 0) is 30.7 Å². The Kier molecular flexibility index (Phi) is 6.60. The molecule has 0 atom stereocenters. The highest BCUT2D eigenvalue weighted by Crippen LogP contribution is 2.12. The summed E-state index contributed by atoms with van der Waals surface area (Å²) in [5.41, 5.74) is 0.700. The Morgan fingerprint density at radius 3 is 2.47 bits per heavy atom. The summed E-state index contributed by atoms with van der Waals surface area (Å²) < 4.78 is 0. The Bertz CT molecular complexity index is 353. The molecule has 1 amide bonds. The molecule has 0 aliphatic rings. The fraction of sp³-hybridized carbons (Fsp3) is 0.462. The molecule has 4 heteroatoms. The summed E-state index contributed by atoms with van der Waals surface area (Å²) in [6, 6.07) is 7.05. The maximum absolute atomic E-state index is 12.2. The lowest BCUT2D eigenvalue weighted by molar-refractivity contribution is 0.0764. The lowest BCUT2D eigenvalue weighted by Gasteiger charge is -2.21. The van der Waals surface area contributed by atoms with Gasteiger partial charge in [-0.1, -0.05) is 40.9 Å². The highest BCUT2D eigenvalue weighted by Gasteiger charge is 2.14. The molecule has 1 rings (SSSR count). The molecule has 0 bridgehead atoms. The Morgan fingerprint density at radius 1 is 1.29 bits per heavy atom. The van der Waals surface area contributed by atoms with E-state index in [2.05, 4.69) is 22.9 Å². The van der Waals surface area contributed by atoms with Crippen molar-refractivity contribution in [2.24, 2.45) is 0 Å². The molecule has 1 aromatic rings. The number of benzene rings is 1. The molecule has 0 unspecified atom stereocenters. The summed E-state index contributed by atoms with van der Waals surface area (Å²) >= 11 is 9.19. The van der Waals surface area contributed by atoms with Crippen LogP contribution < -0.4 is 0 Å². The maximum atomic E-state index is 12.2. The van der Waals surface area contributed by atoms with Crippen molar-refractivity contribution in [3.8, 4) is 0 Å². The molecule has 17 heavy (non-hydrogen) atoms. The highest BCUT2D eigenvalue weighted by atomic mass is 79.9. The van der Waals surface area contributed by atoms with Crippen LogP contribution in [0.1, 0.15) is 30.1 Å². The van der Waals surface area contributed by atoms with Gasteiger partial charge in [0, 0.05) is 29.0 Å². The van der Waals surface area contributed by atoms with Crippen molar-refractivity contribution < 1.29 is 4.79 Å². The molecule has 0 heterocycles. The summed E-state index contributed by atoms with van der Waals surface area (Å²) in [6.45, 7) is 3.67. The van der Waals surface area contributed by atoms with E-state index in [1.807, 2.05) is 4.90 Å². The quantitative estimate of drug-likeness (QED) is 0.727. The second-order valence-electron chi connectivity index (χ2n) is 3.84. The standard InChI is InChI=1S/C13H17BrClNO/c1-2-3-9-16(10-8-14)13(17)11-4-6-12(15)7-5-11/h4-7H,2-3,8-10H2,1H3. The molecule has 1 aromatic carbocycles. The Balaban J connectivity index is 2.72. The average Bonchev–Trinajstić information content (AvgIpc) is 2.34. The zero-order valence-electron chi connectivity index (χ0n) is 9.96. The third-order valence-corrected chi connectivity index (χ3v) is 3.12. The van der Waals surface area contributed by atoms with Gasteiger partial charge >= 0.3 is 0 Å². The molecule has 0 fully saturated rings. The van der Waals surface area contributed by atoms with E-state index in [0.29, 0.717) is 10.6 Å². The predicted molar refractivity (Wildman–Crippen MR) is 76.1 cm³/mol. The SMILES string of the molecule is CCCCN(CCBr)C(=O)c1ccc(Cl)cc1. The van der Waals surface area contributed by atoms with Crippen LogP contribution in [-0.4, -0.2) is 29.2 Å². The van der Waals surface area contributed by atoms with Gasteiger partial charge in [0.2, 0.25) is 0 Å². The van der Waals surface area contributed by atoms with Crippen LogP contribution in [0, 0.1) is 0 Å². The maximum Gasteiger partial charge on any atom is 0.253 e. The van der Waals surface area contributed by atoms with Crippen LogP contribution in [0.3, 0.4) is 0 Å². The summed E-state index contributed by atoms with van der Waals surface area (Å²) in [5.74, 6) is 0.0783. The number of hydrogen-bond acceptors (Lipinski definition) is 1. The minimum absolute atomic E-state index is 0.0783. The minimum Gasteiger partial charge on any atom is -0.338 e. The molecule has 94 valence electrons. The van der Waals surface area contributed by atoms with Gasteiger partial charge in [-0.2, -0.15) is 0 Å². The van der Waals surface area contributed by atoms with Gasteiger partial charge < -0.3 is 4.90 Å². The van der Waals surface area contributed by atoms with E-state index in [1.165, 1.54) is 0 Å². The molecule has 0 saturated heterocycles. The Labute approximate surface area is 116 Å². The molecular formula is C13H17BrClNO. The lowest BCUT2D eigenvalue weighted by atomic mass is 10.2. The van der Waals surface area contributed by atoms with E-state index >= 15 is 0 Å². The molecule has 0 aliphatic carbocycles. The van der Waals surface area contributed by atoms with Crippen LogP contribution in [-0.2, 0) is 0 Å². The van der Waals surface area contributed by atoms with Crippen molar-refractivity contribution >= 4 is 33.4 Å². The second kappa shape index (κ2) is 7.72. The number of unbranched alkanes of at least 4 members (excludes halogenated alkanes) is 1. The van der Waals surface area contributed by atoms with Crippen molar-refractivity contribution in [3.63, 3.8) is 0 Å². The number of carbonyl (C=O) groups is 1. The molecule has 0 aromatic heterocycles. The molecule has 0 radical (unpaired) electrons. The van der Waals surface area contributed by atoms with E-state index in [4.69, 9.17) is 11.6 Å². The number of rotatable bonds is 6. The molecule has 0 aliphatic heterocycles. The Morgan fingerprint density at radius 2 is 1.94 bits per heavy atom. The average molecular weight is 319 g/mol. The van der Waals surface area contributed by atoms with Gasteiger partial charge in [-0.15, -0.1) is 0 Å². The fourth-order valence-corrected chi connectivity index (χ4v) is 2.10. The third kappa shape index (κ3) is 4.68. The number of nitrogens with zero attached hydrogens (tertiary/aromatic N) is 1. The van der Waals surface area contributed by atoms with E-state index < -0.39 is 0 Å². The highest BCUT2D eigenvalue weighted by molar-refractivity contribution is 9.09. The number of alkyl halides is 1. The van der Waals surface area contributed by atoms with E-state index in [-0.39, 0.29) is 5.91 Å². The topological polar surface area (TPSA) is 20.3 Å². The zero-order valence-corrected chi connectivity index (χ0v) is 12.3. The Hall–Kier alpha value is -0.540. The first-order valence-corrected chi connectivity index (χ1v) is 7.29. The molecule has 0 spiro atoms. The first-order chi connectivity index (χ1) is 8.19. The lowest BCUT2D eigenvalue weighted by Crippen LogP contribution is -2.33.